The first-order valence-electron chi connectivity index (χ1n) is 7.66. The standard InChI is InChI=1S/C17H23N3O/c1-12-6-8-17(11-21,9-7-12)20-16-5-2-13-10-14(18)3-4-15(13)19-16/h2-5,10,12,21H,6-9,11,18H2,1H3,(H,19,20). The lowest BCUT2D eigenvalue weighted by molar-refractivity contribution is 0.155. The van der Waals surface area contributed by atoms with E-state index in [1.807, 2.05) is 30.3 Å². The van der Waals surface area contributed by atoms with Gasteiger partial charge in [-0.15, -0.1) is 0 Å². The van der Waals surface area contributed by atoms with Crippen LogP contribution in [0.3, 0.4) is 0 Å². The first-order chi connectivity index (χ1) is 10.1. The molecule has 1 heterocycles. The lowest BCUT2D eigenvalue weighted by Crippen LogP contribution is -2.45. The number of benzene rings is 1. The van der Waals surface area contributed by atoms with E-state index in [1.54, 1.807) is 0 Å². The Morgan fingerprint density at radius 3 is 2.76 bits per heavy atom. The van der Waals surface area contributed by atoms with Crippen LogP contribution in [0.5, 0.6) is 0 Å². The Bertz CT molecular complexity index is 633. The van der Waals surface area contributed by atoms with Gasteiger partial charge < -0.3 is 16.2 Å². The van der Waals surface area contributed by atoms with Crippen molar-refractivity contribution < 1.29 is 5.11 Å². The molecule has 3 rings (SSSR count). The molecule has 4 heteroatoms. The third-order valence-electron chi connectivity index (χ3n) is 4.64. The van der Waals surface area contributed by atoms with Crippen LogP contribution in [0, 0.1) is 5.92 Å². The molecule has 2 aromatic rings. The molecule has 4 nitrogen and oxygen atoms in total. The number of nitrogens with two attached hydrogens (primary N) is 1. The summed E-state index contributed by atoms with van der Waals surface area (Å²) in [5.41, 5.74) is 7.24. The fraction of sp³-hybridized carbons (Fsp3) is 0.471. The highest BCUT2D eigenvalue weighted by Crippen LogP contribution is 2.34. The predicted molar refractivity (Wildman–Crippen MR) is 87.2 cm³/mol. The van der Waals surface area contributed by atoms with Gasteiger partial charge in [-0.05, 0) is 61.9 Å². The molecule has 0 atom stereocenters. The van der Waals surface area contributed by atoms with Gasteiger partial charge in [-0.25, -0.2) is 4.98 Å². The van der Waals surface area contributed by atoms with E-state index in [-0.39, 0.29) is 12.1 Å². The lowest BCUT2D eigenvalue weighted by atomic mass is 9.77. The van der Waals surface area contributed by atoms with Crippen LogP contribution in [0.15, 0.2) is 30.3 Å². The summed E-state index contributed by atoms with van der Waals surface area (Å²) < 4.78 is 0. The molecule has 1 aliphatic carbocycles. The van der Waals surface area contributed by atoms with Crippen molar-refractivity contribution in [3.05, 3.63) is 30.3 Å². The Balaban J connectivity index is 1.85. The molecule has 112 valence electrons. The molecule has 0 bridgehead atoms. The molecule has 0 spiro atoms. The first kappa shape index (κ1) is 14.1. The van der Waals surface area contributed by atoms with Crippen molar-refractivity contribution in [2.45, 2.75) is 38.1 Å². The van der Waals surface area contributed by atoms with Crippen molar-refractivity contribution in [3.8, 4) is 0 Å². The fourth-order valence-corrected chi connectivity index (χ4v) is 3.12. The SMILES string of the molecule is CC1CCC(CO)(Nc2ccc3cc(N)ccc3n2)CC1. The van der Waals surface area contributed by atoms with Crippen LogP contribution in [0.1, 0.15) is 32.6 Å². The zero-order valence-electron chi connectivity index (χ0n) is 12.5. The maximum absolute atomic E-state index is 9.83. The molecule has 1 aromatic carbocycles. The molecule has 21 heavy (non-hydrogen) atoms. The van der Waals surface area contributed by atoms with Gasteiger partial charge in [-0.1, -0.05) is 6.92 Å². The number of rotatable bonds is 3. The van der Waals surface area contributed by atoms with Gasteiger partial charge >= 0.3 is 0 Å². The van der Waals surface area contributed by atoms with E-state index in [9.17, 15) is 5.11 Å². The maximum atomic E-state index is 9.83. The second-order valence-corrected chi connectivity index (χ2v) is 6.39. The van der Waals surface area contributed by atoms with Gasteiger partial charge in [0.05, 0.1) is 17.7 Å². The minimum Gasteiger partial charge on any atom is -0.399 e. The second kappa shape index (κ2) is 5.53. The number of hydrogen-bond acceptors (Lipinski definition) is 4. The smallest absolute Gasteiger partial charge is 0.127 e. The Morgan fingerprint density at radius 1 is 1.29 bits per heavy atom. The van der Waals surface area contributed by atoms with Gasteiger partial charge in [0, 0.05) is 11.1 Å². The van der Waals surface area contributed by atoms with Crippen LogP contribution in [0.25, 0.3) is 10.9 Å². The van der Waals surface area contributed by atoms with E-state index in [4.69, 9.17) is 5.73 Å². The van der Waals surface area contributed by atoms with Crippen LogP contribution < -0.4 is 11.1 Å². The van der Waals surface area contributed by atoms with Crippen LogP contribution >= 0.6 is 0 Å². The minimum absolute atomic E-state index is 0.154. The van der Waals surface area contributed by atoms with Crippen molar-refractivity contribution in [1.29, 1.82) is 0 Å². The summed E-state index contributed by atoms with van der Waals surface area (Å²) in [7, 11) is 0. The monoisotopic (exact) mass is 285 g/mol. The Hall–Kier alpha value is -1.81. The average molecular weight is 285 g/mol. The van der Waals surface area contributed by atoms with E-state index in [2.05, 4.69) is 17.2 Å². The second-order valence-electron chi connectivity index (χ2n) is 6.39. The maximum Gasteiger partial charge on any atom is 0.127 e. The van der Waals surface area contributed by atoms with Gasteiger partial charge in [-0.2, -0.15) is 0 Å². The van der Waals surface area contributed by atoms with E-state index >= 15 is 0 Å². The summed E-state index contributed by atoms with van der Waals surface area (Å²) in [5, 5.41) is 14.3. The molecule has 0 saturated heterocycles. The van der Waals surface area contributed by atoms with Crippen molar-refractivity contribution in [1.82, 2.24) is 4.98 Å². The molecule has 1 aromatic heterocycles. The Kier molecular flexibility index (Phi) is 3.72. The molecule has 1 fully saturated rings. The van der Waals surface area contributed by atoms with Gasteiger partial charge in [-0.3, -0.25) is 0 Å². The van der Waals surface area contributed by atoms with E-state index < -0.39 is 0 Å². The van der Waals surface area contributed by atoms with E-state index in [1.165, 1.54) is 0 Å². The number of nitrogens with one attached hydrogen (secondary N) is 1. The van der Waals surface area contributed by atoms with Crippen molar-refractivity contribution in [3.63, 3.8) is 0 Å². The van der Waals surface area contributed by atoms with E-state index in [0.717, 1.165) is 54.0 Å². The Morgan fingerprint density at radius 2 is 2.05 bits per heavy atom. The zero-order valence-corrected chi connectivity index (χ0v) is 12.5. The molecule has 0 aliphatic heterocycles. The highest BCUT2D eigenvalue weighted by atomic mass is 16.3. The third kappa shape index (κ3) is 2.95. The highest BCUT2D eigenvalue weighted by Gasteiger charge is 2.33. The number of pyridine rings is 1. The summed E-state index contributed by atoms with van der Waals surface area (Å²) in [5.74, 6) is 1.58. The number of fused-ring (bicyclic) bond motifs is 1. The molecular weight excluding hydrogens is 262 g/mol. The summed E-state index contributed by atoms with van der Waals surface area (Å²) in [6.45, 7) is 2.43. The highest BCUT2D eigenvalue weighted by molar-refractivity contribution is 5.83. The van der Waals surface area contributed by atoms with Crippen LogP contribution in [-0.2, 0) is 0 Å². The molecule has 0 radical (unpaired) electrons. The largest absolute Gasteiger partial charge is 0.399 e. The molecule has 1 aliphatic rings. The average Bonchev–Trinajstić information content (AvgIpc) is 2.50. The van der Waals surface area contributed by atoms with Gasteiger partial charge in [0.15, 0.2) is 0 Å². The number of nitrogens with zero attached hydrogens (tertiary/aromatic N) is 1. The summed E-state index contributed by atoms with van der Waals surface area (Å²) in [6.07, 6.45) is 4.29. The van der Waals surface area contributed by atoms with Crippen molar-refractivity contribution in [2.24, 2.45) is 5.92 Å². The minimum atomic E-state index is -0.221. The number of nitrogen functional groups attached to an aromatic ring is 1. The quantitative estimate of drug-likeness (QED) is 0.757. The van der Waals surface area contributed by atoms with Crippen LogP contribution in [0.2, 0.25) is 0 Å². The van der Waals surface area contributed by atoms with Gasteiger partial charge in [0.2, 0.25) is 0 Å². The normalized spacial score (nSPS) is 25.9. The molecule has 0 amide bonds. The van der Waals surface area contributed by atoms with Crippen LogP contribution in [0.4, 0.5) is 11.5 Å². The molecule has 4 N–H and O–H groups in total. The zero-order chi connectivity index (χ0) is 14.9. The third-order valence-corrected chi connectivity index (χ3v) is 4.64. The summed E-state index contributed by atoms with van der Waals surface area (Å²) in [6, 6.07) is 9.72. The van der Waals surface area contributed by atoms with Gasteiger partial charge in [0.1, 0.15) is 5.82 Å². The lowest BCUT2D eigenvalue weighted by Gasteiger charge is -2.39. The summed E-state index contributed by atoms with van der Waals surface area (Å²) >= 11 is 0. The number of anilines is 2. The number of aromatic nitrogens is 1. The molecule has 0 unspecified atom stereocenters. The number of aliphatic hydroxyl groups is 1. The van der Waals surface area contributed by atoms with E-state index in [0.29, 0.717) is 0 Å². The number of hydrogen-bond donors (Lipinski definition) is 3. The number of aliphatic hydroxyl groups excluding tert-OH is 1. The fourth-order valence-electron chi connectivity index (χ4n) is 3.12. The predicted octanol–water partition coefficient (Wildman–Crippen LogP) is 3.17. The first-order valence-corrected chi connectivity index (χ1v) is 7.66. The van der Waals surface area contributed by atoms with Crippen molar-refractivity contribution in [2.75, 3.05) is 17.7 Å². The topological polar surface area (TPSA) is 71.2 Å². The molecule has 1 saturated carbocycles. The van der Waals surface area contributed by atoms with Gasteiger partial charge in [0.25, 0.3) is 0 Å². The van der Waals surface area contributed by atoms with Crippen LogP contribution in [-0.4, -0.2) is 22.2 Å². The molecular formula is C17H23N3O. The summed E-state index contributed by atoms with van der Waals surface area (Å²) in [4.78, 5) is 4.64. The van der Waals surface area contributed by atoms with Crippen molar-refractivity contribution >= 4 is 22.4 Å². The Labute approximate surface area is 125 Å².